The standard InChI is InChI=1S/C19H25NO4/c1-22-17-11-16(13-20-9-6-10-21)12-18(23-2)19(17)24-14-15-7-4-3-5-8-15/h3-5,7-8,11-12,20-21H,6,9-10,13-14H2,1-2H3. The van der Waals surface area contributed by atoms with Gasteiger partial charge in [-0.15, -0.1) is 0 Å². The van der Waals surface area contributed by atoms with Crippen molar-refractivity contribution in [3.05, 3.63) is 53.6 Å². The first-order chi connectivity index (χ1) is 11.8. The number of nitrogens with one attached hydrogen (secondary N) is 1. The molecule has 0 fully saturated rings. The Labute approximate surface area is 143 Å². The number of aliphatic hydroxyl groups excluding tert-OH is 1. The molecule has 130 valence electrons. The predicted octanol–water partition coefficient (Wildman–Crippen LogP) is 2.75. The molecule has 0 aliphatic rings. The zero-order valence-corrected chi connectivity index (χ0v) is 14.2. The molecule has 0 unspecified atom stereocenters. The lowest BCUT2D eigenvalue weighted by Gasteiger charge is -2.16. The van der Waals surface area contributed by atoms with E-state index in [1.165, 1.54) is 0 Å². The van der Waals surface area contributed by atoms with Gasteiger partial charge in [0.25, 0.3) is 0 Å². The molecule has 2 rings (SSSR count). The van der Waals surface area contributed by atoms with Crippen molar-refractivity contribution in [2.24, 2.45) is 0 Å². The Morgan fingerprint density at radius 1 is 0.958 bits per heavy atom. The SMILES string of the molecule is COc1cc(CNCCCO)cc(OC)c1OCc1ccccc1. The molecule has 0 saturated heterocycles. The number of aliphatic hydroxyl groups is 1. The van der Waals surface area contributed by atoms with E-state index in [1.807, 2.05) is 42.5 Å². The molecule has 2 aromatic carbocycles. The molecule has 0 heterocycles. The highest BCUT2D eigenvalue weighted by molar-refractivity contribution is 5.54. The molecule has 0 aliphatic heterocycles. The van der Waals surface area contributed by atoms with Gasteiger partial charge in [-0.1, -0.05) is 30.3 Å². The van der Waals surface area contributed by atoms with E-state index in [0.29, 0.717) is 30.4 Å². The van der Waals surface area contributed by atoms with Crippen LogP contribution in [0.25, 0.3) is 0 Å². The van der Waals surface area contributed by atoms with Crippen molar-refractivity contribution in [1.82, 2.24) is 5.32 Å². The zero-order valence-electron chi connectivity index (χ0n) is 14.2. The quantitative estimate of drug-likeness (QED) is 0.656. The van der Waals surface area contributed by atoms with Crippen molar-refractivity contribution in [2.45, 2.75) is 19.6 Å². The van der Waals surface area contributed by atoms with Crippen molar-refractivity contribution in [3.63, 3.8) is 0 Å². The third-order valence-electron chi connectivity index (χ3n) is 3.59. The van der Waals surface area contributed by atoms with Crippen LogP contribution in [0.15, 0.2) is 42.5 Å². The van der Waals surface area contributed by atoms with Crippen molar-refractivity contribution in [2.75, 3.05) is 27.4 Å². The maximum absolute atomic E-state index is 8.82. The Hall–Kier alpha value is -2.24. The monoisotopic (exact) mass is 331 g/mol. The van der Waals surface area contributed by atoms with Crippen molar-refractivity contribution >= 4 is 0 Å². The molecule has 0 aliphatic carbocycles. The van der Waals surface area contributed by atoms with E-state index in [1.54, 1.807) is 14.2 Å². The normalized spacial score (nSPS) is 10.5. The van der Waals surface area contributed by atoms with Gasteiger partial charge in [-0.25, -0.2) is 0 Å². The third-order valence-corrected chi connectivity index (χ3v) is 3.59. The number of ether oxygens (including phenoxy) is 3. The summed E-state index contributed by atoms with van der Waals surface area (Å²) < 4.78 is 16.9. The molecule has 2 N–H and O–H groups in total. The summed E-state index contributed by atoms with van der Waals surface area (Å²) in [6.45, 7) is 2.06. The van der Waals surface area contributed by atoms with E-state index in [2.05, 4.69) is 5.32 Å². The van der Waals surface area contributed by atoms with E-state index in [0.717, 1.165) is 24.1 Å². The molecule has 24 heavy (non-hydrogen) atoms. The van der Waals surface area contributed by atoms with Crippen LogP contribution < -0.4 is 19.5 Å². The molecular formula is C19H25NO4. The molecule has 0 atom stereocenters. The fraction of sp³-hybridized carbons (Fsp3) is 0.368. The van der Waals surface area contributed by atoms with E-state index in [-0.39, 0.29) is 6.61 Å². The first-order valence-corrected chi connectivity index (χ1v) is 8.01. The Kier molecular flexibility index (Phi) is 7.39. The average molecular weight is 331 g/mol. The minimum Gasteiger partial charge on any atom is -0.493 e. The smallest absolute Gasteiger partial charge is 0.203 e. The summed E-state index contributed by atoms with van der Waals surface area (Å²) in [6.07, 6.45) is 0.729. The topological polar surface area (TPSA) is 60.0 Å². The molecule has 0 saturated carbocycles. The molecule has 0 spiro atoms. The van der Waals surface area contributed by atoms with Crippen LogP contribution in [0.1, 0.15) is 17.5 Å². The van der Waals surface area contributed by atoms with Crippen LogP contribution in [-0.4, -0.2) is 32.5 Å². The number of hydrogen-bond acceptors (Lipinski definition) is 5. The Morgan fingerprint density at radius 2 is 1.62 bits per heavy atom. The van der Waals surface area contributed by atoms with Gasteiger partial charge in [-0.2, -0.15) is 0 Å². The highest BCUT2D eigenvalue weighted by Gasteiger charge is 2.14. The Balaban J connectivity index is 2.11. The van der Waals surface area contributed by atoms with Gasteiger partial charge in [-0.05, 0) is 36.2 Å². The largest absolute Gasteiger partial charge is 0.493 e. The summed E-state index contributed by atoms with van der Waals surface area (Å²) in [7, 11) is 3.24. The van der Waals surface area contributed by atoms with Crippen LogP contribution in [0.5, 0.6) is 17.2 Å². The highest BCUT2D eigenvalue weighted by atomic mass is 16.5. The van der Waals surface area contributed by atoms with Crippen LogP contribution >= 0.6 is 0 Å². The molecule has 0 radical (unpaired) electrons. The summed E-state index contributed by atoms with van der Waals surface area (Å²) in [4.78, 5) is 0. The lowest BCUT2D eigenvalue weighted by molar-refractivity contribution is 0.265. The number of benzene rings is 2. The molecule has 5 heteroatoms. The summed E-state index contributed by atoms with van der Waals surface area (Å²) in [5.41, 5.74) is 2.12. The maximum atomic E-state index is 8.82. The fourth-order valence-corrected chi connectivity index (χ4v) is 2.35. The molecule has 0 amide bonds. The van der Waals surface area contributed by atoms with E-state index in [4.69, 9.17) is 19.3 Å². The van der Waals surface area contributed by atoms with E-state index in [9.17, 15) is 0 Å². The van der Waals surface area contributed by atoms with Crippen LogP contribution in [-0.2, 0) is 13.2 Å². The van der Waals surface area contributed by atoms with Gasteiger partial charge in [0, 0.05) is 13.2 Å². The van der Waals surface area contributed by atoms with Gasteiger partial charge in [0.1, 0.15) is 6.61 Å². The predicted molar refractivity (Wildman–Crippen MR) is 93.7 cm³/mol. The number of methoxy groups -OCH3 is 2. The average Bonchev–Trinajstić information content (AvgIpc) is 2.64. The van der Waals surface area contributed by atoms with E-state index >= 15 is 0 Å². The van der Waals surface area contributed by atoms with Gasteiger partial charge in [0.05, 0.1) is 14.2 Å². The Bertz CT molecular complexity index is 591. The maximum Gasteiger partial charge on any atom is 0.203 e. The van der Waals surface area contributed by atoms with Crippen LogP contribution in [0, 0.1) is 0 Å². The Morgan fingerprint density at radius 3 is 2.21 bits per heavy atom. The van der Waals surface area contributed by atoms with E-state index < -0.39 is 0 Å². The minimum atomic E-state index is 0.186. The van der Waals surface area contributed by atoms with Crippen LogP contribution in [0.2, 0.25) is 0 Å². The summed E-state index contributed by atoms with van der Waals surface area (Å²) >= 11 is 0. The first kappa shape index (κ1) is 18.1. The third kappa shape index (κ3) is 5.15. The summed E-state index contributed by atoms with van der Waals surface area (Å²) in [5, 5.41) is 12.1. The summed E-state index contributed by atoms with van der Waals surface area (Å²) in [5.74, 6) is 1.89. The van der Waals surface area contributed by atoms with Gasteiger partial charge in [0.15, 0.2) is 11.5 Å². The molecule has 5 nitrogen and oxygen atoms in total. The second kappa shape index (κ2) is 9.80. The second-order valence-electron chi connectivity index (χ2n) is 5.36. The lowest BCUT2D eigenvalue weighted by Crippen LogP contribution is -2.16. The molecular weight excluding hydrogens is 306 g/mol. The van der Waals surface area contributed by atoms with Crippen molar-refractivity contribution in [3.8, 4) is 17.2 Å². The second-order valence-corrected chi connectivity index (χ2v) is 5.36. The summed E-state index contributed by atoms with van der Waals surface area (Å²) in [6, 6.07) is 13.8. The first-order valence-electron chi connectivity index (χ1n) is 8.01. The van der Waals surface area contributed by atoms with Gasteiger partial charge in [-0.3, -0.25) is 0 Å². The molecule has 2 aromatic rings. The highest BCUT2D eigenvalue weighted by Crippen LogP contribution is 2.39. The molecule has 0 aromatic heterocycles. The van der Waals surface area contributed by atoms with Gasteiger partial charge >= 0.3 is 0 Å². The molecule has 0 bridgehead atoms. The van der Waals surface area contributed by atoms with Crippen molar-refractivity contribution < 1.29 is 19.3 Å². The van der Waals surface area contributed by atoms with Crippen LogP contribution in [0.3, 0.4) is 0 Å². The number of rotatable bonds is 10. The lowest BCUT2D eigenvalue weighted by atomic mass is 10.1. The number of hydrogen-bond donors (Lipinski definition) is 2. The minimum absolute atomic E-state index is 0.186. The van der Waals surface area contributed by atoms with Crippen LogP contribution in [0.4, 0.5) is 0 Å². The van der Waals surface area contributed by atoms with Gasteiger partial charge in [0.2, 0.25) is 5.75 Å². The fourth-order valence-electron chi connectivity index (χ4n) is 2.35. The van der Waals surface area contributed by atoms with Gasteiger partial charge < -0.3 is 24.6 Å². The zero-order chi connectivity index (χ0) is 17.2. The van der Waals surface area contributed by atoms with Crippen molar-refractivity contribution in [1.29, 1.82) is 0 Å².